The summed E-state index contributed by atoms with van der Waals surface area (Å²) in [5.74, 6) is 0. The van der Waals surface area contributed by atoms with E-state index >= 15 is 0 Å². The molecule has 0 aliphatic carbocycles. The van der Waals surface area contributed by atoms with Crippen LogP contribution in [0.15, 0.2) is 24.3 Å². The van der Waals surface area contributed by atoms with Crippen molar-refractivity contribution in [3.8, 4) is 0 Å². The van der Waals surface area contributed by atoms with Gasteiger partial charge in [-0.15, -0.1) is 0 Å². The smallest absolute Gasteiger partial charge is 0.224 e. The maximum absolute atomic E-state index is 11.4. The molecule has 0 saturated carbocycles. The van der Waals surface area contributed by atoms with Crippen LogP contribution in [0.2, 0.25) is 0 Å². The molecule has 0 aliphatic heterocycles. The van der Waals surface area contributed by atoms with Crippen molar-refractivity contribution >= 4 is 49.7 Å². The molecule has 4 nitrogen and oxygen atoms in total. The number of hydrogen-bond acceptors (Lipinski definition) is 4. The van der Waals surface area contributed by atoms with Crippen molar-refractivity contribution in [2.24, 2.45) is 0 Å². The highest BCUT2D eigenvalue weighted by molar-refractivity contribution is 14.1. The zero-order valence-electron chi connectivity index (χ0n) is 8.39. The molecule has 0 bridgehead atoms. The molecule has 1 rings (SSSR count). The van der Waals surface area contributed by atoms with Gasteiger partial charge in [0.05, 0.1) is 0 Å². The third-order valence-corrected chi connectivity index (χ3v) is 7.31. The van der Waals surface area contributed by atoms with Crippen molar-refractivity contribution in [2.75, 3.05) is 12.0 Å². The number of benzene rings is 1. The zero-order valence-corrected chi connectivity index (χ0v) is 12.1. The lowest BCUT2D eigenvalue weighted by molar-refractivity contribution is 0.188. The van der Waals surface area contributed by atoms with Crippen molar-refractivity contribution in [3.05, 3.63) is 29.8 Å². The maximum Gasteiger partial charge on any atom is 0.224 e. The van der Waals surface area contributed by atoms with Crippen LogP contribution in [0.5, 0.6) is 0 Å². The second-order valence-electron chi connectivity index (χ2n) is 3.40. The molecule has 0 spiro atoms. The average molecular weight is 376 g/mol. The van der Waals surface area contributed by atoms with Gasteiger partial charge in [-0.05, 0) is 40.3 Å². The normalized spacial score (nSPS) is 17.8. The number of aliphatic hydroxyl groups is 1. The summed E-state index contributed by atoms with van der Waals surface area (Å²) in [4.78, 5) is 0. The van der Waals surface area contributed by atoms with Crippen molar-refractivity contribution in [1.82, 2.24) is 0 Å². The quantitative estimate of drug-likeness (QED) is 0.478. The first kappa shape index (κ1) is 14.0. The van der Waals surface area contributed by atoms with E-state index in [1.807, 2.05) is 0 Å². The Hall–Kier alpha value is -0.0500. The molecule has 2 atom stereocenters. The van der Waals surface area contributed by atoms with Crippen molar-refractivity contribution < 1.29 is 13.5 Å². The summed E-state index contributed by atoms with van der Waals surface area (Å²) in [6.07, 6.45) is -0.335. The molecule has 90 valence electrons. The molecule has 3 N–H and O–H groups in total. The Balaban J connectivity index is 3.12. The molecule has 0 unspecified atom stereocenters. The van der Waals surface area contributed by atoms with E-state index in [2.05, 4.69) is 0 Å². The van der Waals surface area contributed by atoms with Gasteiger partial charge in [0.1, 0.15) is 6.10 Å². The van der Waals surface area contributed by atoms with E-state index in [1.54, 1.807) is 24.3 Å². The highest BCUT2D eigenvalue weighted by Gasteiger charge is 2.43. The van der Waals surface area contributed by atoms with E-state index in [9.17, 15) is 13.5 Å². The van der Waals surface area contributed by atoms with E-state index < -0.39 is 18.2 Å². The van der Waals surface area contributed by atoms with Gasteiger partial charge < -0.3 is 10.8 Å². The molecule has 1 aromatic rings. The zero-order chi connectivity index (χ0) is 12.6. The largest absolute Gasteiger partial charge is 0.399 e. The van der Waals surface area contributed by atoms with Gasteiger partial charge in [0, 0.05) is 11.9 Å². The van der Waals surface area contributed by atoms with Crippen LogP contribution in [0.1, 0.15) is 11.7 Å². The molecular formula is C9H11ClINO3S. The van der Waals surface area contributed by atoms with Gasteiger partial charge in [-0.25, -0.2) is 8.42 Å². The molecular weight excluding hydrogens is 365 g/mol. The van der Waals surface area contributed by atoms with E-state index in [-0.39, 0.29) is 0 Å². The number of rotatable bonds is 3. The number of hydrogen-bond donors (Lipinski definition) is 2. The fourth-order valence-corrected chi connectivity index (χ4v) is 2.10. The van der Waals surface area contributed by atoms with Crippen LogP contribution in [0, 0.1) is 0 Å². The van der Waals surface area contributed by atoms with Crippen LogP contribution >= 0.6 is 34.2 Å². The molecule has 0 heterocycles. The fourth-order valence-electron chi connectivity index (χ4n) is 1.08. The van der Waals surface area contributed by atoms with Gasteiger partial charge in [-0.1, -0.05) is 23.7 Å². The Kier molecular flexibility index (Phi) is 4.09. The maximum atomic E-state index is 11.4. The molecule has 16 heavy (non-hydrogen) atoms. The van der Waals surface area contributed by atoms with Gasteiger partial charge in [0.15, 0.2) is 9.84 Å². The summed E-state index contributed by atoms with van der Waals surface area (Å²) in [6.45, 7) is 0. The Morgan fingerprint density at radius 2 is 1.88 bits per heavy atom. The lowest BCUT2D eigenvalue weighted by Crippen LogP contribution is -2.31. The Morgan fingerprint density at radius 3 is 2.25 bits per heavy atom. The van der Waals surface area contributed by atoms with Crippen molar-refractivity contribution in [2.45, 2.75) is 8.32 Å². The molecule has 0 saturated heterocycles. The van der Waals surface area contributed by atoms with E-state index in [4.69, 9.17) is 17.3 Å². The minimum Gasteiger partial charge on any atom is -0.399 e. The Labute approximate surface area is 113 Å². The molecule has 0 amide bonds. The summed E-state index contributed by atoms with van der Waals surface area (Å²) >= 11 is 7.37. The number of sulfone groups is 1. The number of nitrogens with two attached hydrogens (primary N) is 1. The number of aliphatic hydroxyl groups excluding tert-OH is 1. The van der Waals surface area contributed by atoms with Crippen LogP contribution in [-0.4, -0.2) is 22.0 Å². The summed E-state index contributed by atoms with van der Waals surface area (Å²) < 4.78 is 21.0. The summed E-state index contributed by atoms with van der Waals surface area (Å²) in [6, 6.07) is 6.23. The first-order valence-corrected chi connectivity index (χ1v) is 7.62. The number of nitrogen functional groups attached to an aromatic ring is 1. The lowest BCUT2D eigenvalue weighted by atomic mass is 10.1. The highest BCUT2D eigenvalue weighted by atomic mass is 127. The predicted octanol–water partition coefficient (Wildman–Crippen LogP) is 1.67. The van der Waals surface area contributed by atoms with Crippen LogP contribution in [0.4, 0.5) is 5.69 Å². The third-order valence-electron chi connectivity index (χ3n) is 2.06. The first-order valence-electron chi connectivity index (χ1n) is 4.27. The average Bonchev–Trinajstić information content (AvgIpc) is 2.16. The van der Waals surface area contributed by atoms with E-state index in [0.717, 1.165) is 6.26 Å². The Bertz CT molecular complexity index is 472. The number of alkyl halides is 2. The second-order valence-corrected chi connectivity index (χ2v) is 9.48. The standard InChI is InChI=1S/C9H11ClINO3S/c1-16(14,15)9(10,11)8(13)6-2-4-7(12)5-3-6/h2-5,8,13H,12H2,1H3/t8-,9-/m1/s1. The van der Waals surface area contributed by atoms with Gasteiger partial charge >= 0.3 is 0 Å². The number of anilines is 1. The van der Waals surface area contributed by atoms with E-state index in [1.165, 1.54) is 22.6 Å². The summed E-state index contributed by atoms with van der Waals surface area (Å²) in [5, 5.41) is 9.92. The molecule has 0 aliphatic rings. The molecule has 0 radical (unpaired) electrons. The SMILES string of the molecule is CS(=O)(=O)[C@](Cl)(I)[C@H](O)c1ccc(N)cc1. The molecule has 7 heteroatoms. The van der Waals surface area contributed by atoms with Gasteiger partial charge in [-0.2, -0.15) is 0 Å². The molecule has 0 fully saturated rings. The second kappa shape index (κ2) is 4.67. The minimum atomic E-state index is -3.59. The van der Waals surface area contributed by atoms with E-state index in [0.29, 0.717) is 11.3 Å². The monoisotopic (exact) mass is 375 g/mol. The minimum absolute atomic E-state index is 0.407. The fraction of sp³-hybridized carbons (Fsp3) is 0.333. The molecule has 1 aromatic carbocycles. The van der Waals surface area contributed by atoms with Crippen LogP contribution in [0.25, 0.3) is 0 Å². The van der Waals surface area contributed by atoms with Crippen LogP contribution in [-0.2, 0) is 9.84 Å². The summed E-state index contributed by atoms with van der Waals surface area (Å²) in [5.41, 5.74) is 6.42. The molecule has 0 aromatic heterocycles. The van der Waals surface area contributed by atoms with Crippen LogP contribution in [0.3, 0.4) is 0 Å². The van der Waals surface area contributed by atoms with Gasteiger partial charge in [-0.3, -0.25) is 0 Å². The first-order chi connectivity index (χ1) is 7.16. The summed E-state index contributed by atoms with van der Waals surface area (Å²) in [7, 11) is -3.59. The van der Waals surface area contributed by atoms with Crippen molar-refractivity contribution in [3.63, 3.8) is 0 Å². The van der Waals surface area contributed by atoms with Crippen LogP contribution < -0.4 is 5.73 Å². The topological polar surface area (TPSA) is 80.4 Å². The predicted molar refractivity (Wildman–Crippen MR) is 73.3 cm³/mol. The third kappa shape index (κ3) is 2.79. The Morgan fingerprint density at radius 1 is 1.44 bits per heavy atom. The van der Waals surface area contributed by atoms with Gasteiger partial charge in [0.25, 0.3) is 0 Å². The van der Waals surface area contributed by atoms with Crippen molar-refractivity contribution in [1.29, 1.82) is 0 Å². The highest BCUT2D eigenvalue weighted by Crippen LogP contribution is 2.42. The van der Waals surface area contributed by atoms with Gasteiger partial charge in [0.2, 0.25) is 2.21 Å². The lowest BCUT2D eigenvalue weighted by Gasteiger charge is -2.24. The number of halogens is 2.